The molecule has 5 heteroatoms. The summed E-state index contributed by atoms with van der Waals surface area (Å²) in [4.78, 5) is 13.7. The average molecular weight is 227 g/mol. The lowest BCUT2D eigenvalue weighted by Gasteiger charge is -2.14. The van der Waals surface area contributed by atoms with Crippen molar-refractivity contribution in [1.82, 2.24) is 15.6 Å². The molecule has 0 aromatic carbocycles. The van der Waals surface area contributed by atoms with E-state index >= 15 is 0 Å². The van der Waals surface area contributed by atoms with Crippen molar-refractivity contribution in [3.63, 3.8) is 0 Å². The lowest BCUT2D eigenvalue weighted by atomic mass is 9.98. The molecule has 1 fully saturated rings. The first kappa shape index (κ1) is 10.9. The van der Waals surface area contributed by atoms with Crippen molar-refractivity contribution in [2.45, 2.75) is 13.5 Å². The van der Waals surface area contributed by atoms with Gasteiger partial charge in [-0.05, 0) is 31.5 Å². The lowest BCUT2D eigenvalue weighted by molar-refractivity contribution is 0.419. The monoisotopic (exact) mass is 227 g/mol. The SMILES string of the molecule is CC1CNCC1CNCc1csc(=O)[nH]1. The van der Waals surface area contributed by atoms with Gasteiger partial charge in [0.1, 0.15) is 0 Å². The number of hydrogen-bond donors (Lipinski definition) is 3. The van der Waals surface area contributed by atoms with Crippen LogP contribution in [-0.2, 0) is 6.54 Å². The van der Waals surface area contributed by atoms with Gasteiger partial charge in [-0.15, -0.1) is 0 Å². The van der Waals surface area contributed by atoms with Crippen LogP contribution in [0.3, 0.4) is 0 Å². The maximum atomic E-state index is 10.9. The molecule has 2 rings (SSSR count). The molecule has 0 amide bonds. The Balaban J connectivity index is 1.73. The molecule has 0 aliphatic carbocycles. The topological polar surface area (TPSA) is 56.9 Å². The highest BCUT2D eigenvalue weighted by molar-refractivity contribution is 7.07. The summed E-state index contributed by atoms with van der Waals surface area (Å²) in [7, 11) is 0. The van der Waals surface area contributed by atoms with Crippen molar-refractivity contribution in [2.24, 2.45) is 11.8 Å². The molecule has 0 spiro atoms. The van der Waals surface area contributed by atoms with Gasteiger partial charge in [0.15, 0.2) is 0 Å². The van der Waals surface area contributed by atoms with Gasteiger partial charge < -0.3 is 15.6 Å². The fraction of sp³-hybridized carbons (Fsp3) is 0.700. The van der Waals surface area contributed by atoms with E-state index in [1.165, 1.54) is 11.3 Å². The molecule has 15 heavy (non-hydrogen) atoms. The van der Waals surface area contributed by atoms with Crippen LogP contribution in [0, 0.1) is 11.8 Å². The van der Waals surface area contributed by atoms with Crippen molar-refractivity contribution >= 4 is 11.3 Å². The first-order chi connectivity index (χ1) is 7.25. The van der Waals surface area contributed by atoms with Crippen LogP contribution in [0.4, 0.5) is 0 Å². The zero-order chi connectivity index (χ0) is 10.7. The molecule has 4 nitrogen and oxygen atoms in total. The third-order valence-corrected chi connectivity index (χ3v) is 3.69. The van der Waals surface area contributed by atoms with Crippen LogP contribution in [0.5, 0.6) is 0 Å². The van der Waals surface area contributed by atoms with E-state index < -0.39 is 0 Å². The number of aromatic amines is 1. The number of aromatic nitrogens is 1. The Hall–Kier alpha value is -0.650. The third-order valence-electron chi connectivity index (χ3n) is 2.97. The smallest absolute Gasteiger partial charge is 0.304 e. The molecule has 1 aromatic rings. The Labute approximate surface area is 93.1 Å². The highest BCUT2D eigenvalue weighted by Crippen LogP contribution is 2.14. The zero-order valence-corrected chi connectivity index (χ0v) is 9.69. The predicted molar refractivity (Wildman–Crippen MR) is 62.2 cm³/mol. The van der Waals surface area contributed by atoms with Gasteiger partial charge in [0.05, 0.1) is 0 Å². The second-order valence-electron chi connectivity index (χ2n) is 4.20. The summed E-state index contributed by atoms with van der Waals surface area (Å²) < 4.78 is 0. The largest absolute Gasteiger partial charge is 0.316 e. The van der Waals surface area contributed by atoms with E-state index in [1.54, 1.807) is 0 Å². The first-order valence-corrected chi connectivity index (χ1v) is 6.22. The minimum Gasteiger partial charge on any atom is -0.316 e. The molecule has 1 saturated heterocycles. The Morgan fingerprint density at radius 3 is 3.07 bits per heavy atom. The zero-order valence-electron chi connectivity index (χ0n) is 8.88. The number of thiazole rings is 1. The van der Waals surface area contributed by atoms with Crippen LogP contribution >= 0.6 is 11.3 Å². The number of hydrogen-bond acceptors (Lipinski definition) is 4. The van der Waals surface area contributed by atoms with Crippen molar-refractivity contribution in [1.29, 1.82) is 0 Å². The van der Waals surface area contributed by atoms with Crippen molar-refractivity contribution in [3.05, 3.63) is 20.7 Å². The maximum absolute atomic E-state index is 10.9. The van der Waals surface area contributed by atoms with Gasteiger partial charge in [0.2, 0.25) is 0 Å². The molecule has 2 unspecified atom stereocenters. The highest BCUT2D eigenvalue weighted by Gasteiger charge is 2.22. The highest BCUT2D eigenvalue weighted by atomic mass is 32.1. The molecule has 2 heterocycles. The van der Waals surface area contributed by atoms with Crippen LogP contribution in [0.1, 0.15) is 12.6 Å². The van der Waals surface area contributed by atoms with Crippen molar-refractivity contribution in [3.8, 4) is 0 Å². The van der Waals surface area contributed by atoms with Crippen LogP contribution in [0.25, 0.3) is 0 Å². The molecule has 0 saturated carbocycles. The molecule has 0 bridgehead atoms. The Bertz CT molecular complexity index is 360. The molecule has 0 radical (unpaired) electrons. The number of H-pyrrole nitrogens is 1. The molecule has 2 atom stereocenters. The lowest BCUT2D eigenvalue weighted by Crippen LogP contribution is -2.26. The van der Waals surface area contributed by atoms with E-state index in [4.69, 9.17) is 0 Å². The fourth-order valence-electron chi connectivity index (χ4n) is 1.93. The predicted octanol–water partition coefficient (Wildman–Crippen LogP) is 0.381. The maximum Gasteiger partial charge on any atom is 0.304 e. The van der Waals surface area contributed by atoms with E-state index in [0.29, 0.717) is 0 Å². The van der Waals surface area contributed by atoms with Crippen molar-refractivity contribution < 1.29 is 0 Å². The van der Waals surface area contributed by atoms with E-state index in [1.807, 2.05) is 5.38 Å². The third kappa shape index (κ3) is 2.90. The normalized spacial score (nSPS) is 25.9. The molecular weight excluding hydrogens is 210 g/mol. The molecule has 3 N–H and O–H groups in total. The Morgan fingerprint density at radius 1 is 1.60 bits per heavy atom. The Morgan fingerprint density at radius 2 is 2.47 bits per heavy atom. The van der Waals surface area contributed by atoms with E-state index in [2.05, 4.69) is 22.5 Å². The first-order valence-electron chi connectivity index (χ1n) is 5.34. The quantitative estimate of drug-likeness (QED) is 0.697. The van der Waals surface area contributed by atoms with E-state index in [0.717, 1.165) is 43.7 Å². The summed E-state index contributed by atoms with van der Waals surface area (Å²) in [6.45, 7) is 6.29. The van der Waals surface area contributed by atoms with Crippen LogP contribution in [0.15, 0.2) is 10.2 Å². The summed E-state index contributed by atoms with van der Waals surface area (Å²) in [5.41, 5.74) is 0.989. The second kappa shape index (κ2) is 4.92. The van der Waals surface area contributed by atoms with Gasteiger partial charge in [0, 0.05) is 17.6 Å². The van der Waals surface area contributed by atoms with E-state index in [9.17, 15) is 4.79 Å². The Kier molecular flexibility index (Phi) is 3.56. The van der Waals surface area contributed by atoms with Crippen molar-refractivity contribution in [2.75, 3.05) is 19.6 Å². The summed E-state index contributed by atoms with van der Waals surface area (Å²) in [5.74, 6) is 1.47. The summed E-state index contributed by atoms with van der Waals surface area (Å²) >= 11 is 1.22. The van der Waals surface area contributed by atoms with Gasteiger partial charge in [-0.1, -0.05) is 18.3 Å². The summed E-state index contributed by atoms with van der Waals surface area (Å²) in [5, 5.41) is 8.64. The van der Waals surface area contributed by atoms with Crippen LogP contribution in [-0.4, -0.2) is 24.6 Å². The van der Waals surface area contributed by atoms with E-state index in [-0.39, 0.29) is 4.87 Å². The fourth-order valence-corrected chi connectivity index (χ4v) is 2.51. The minimum atomic E-state index is 0.0303. The van der Waals surface area contributed by atoms with Crippen LogP contribution in [0.2, 0.25) is 0 Å². The number of nitrogens with one attached hydrogen (secondary N) is 3. The minimum absolute atomic E-state index is 0.0303. The molecule has 1 aliphatic rings. The molecule has 84 valence electrons. The average Bonchev–Trinajstić information content (AvgIpc) is 2.77. The standard InChI is InChI=1S/C10H17N3OS/c1-7-2-11-3-8(7)4-12-5-9-6-15-10(14)13-9/h6-8,11-12H,2-5H2,1H3,(H,13,14). The van der Waals surface area contributed by atoms with Crippen LogP contribution < -0.4 is 15.5 Å². The molecule has 1 aromatic heterocycles. The van der Waals surface area contributed by atoms with Gasteiger partial charge in [0.25, 0.3) is 0 Å². The second-order valence-corrected chi connectivity index (χ2v) is 5.04. The molecular formula is C10H17N3OS. The summed E-state index contributed by atoms with van der Waals surface area (Å²) in [6, 6.07) is 0. The van der Waals surface area contributed by atoms with Gasteiger partial charge in [-0.3, -0.25) is 4.79 Å². The van der Waals surface area contributed by atoms with Gasteiger partial charge in [-0.2, -0.15) is 0 Å². The van der Waals surface area contributed by atoms with Gasteiger partial charge >= 0.3 is 4.87 Å². The molecule has 1 aliphatic heterocycles. The number of rotatable bonds is 4. The summed E-state index contributed by atoms with van der Waals surface area (Å²) in [6.07, 6.45) is 0. The van der Waals surface area contributed by atoms with Gasteiger partial charge in [-0.25, -0.2) is 0 Å².